The molecule has 0 radical (unpaired) electrons. The molecule has 0 heterocycles. The van der Waals surface area contributed by atoms with Gasteiger partial charge in [0.15, 0.2) is 0 Å². The van der Waals surface area contributed by atoms with E-state index in [1.807, 2.05) is 0 Å². The summed E-state index contributed by atoms with van der Waals surface area (Å²) in [5.74, 6) is 1.41. The van der Waals surface area contributed by atoms with Crippen molar-refractivity contribution in [3.8, 4) is 0 Å². The number of Topliss-reactive ketones (excluding diaryl/α,β-unsaturated/α-hetero) is 1. The van der Waals surface area contributed by atoms with Gasteiger partial charge in [0.2, 0.25) is 0 Å². The van der Waals surface area contributed by atoms with Gasteiger partial charge in [-0.2, -0.15) is 0 Å². The predicted octanol–water partition coefficient (Wildman–Crippen LogP) is 3.65. The molecular weight excluding hydrogens is 208 g/mol. The predicted molar refractivity (Wildman–Crippen MR) is 62.2 cm³/mol. The zero-order valence-electron chi connectivity index (χ0n) is 8.71. The van der Waals surface area contributed by atoms with Crippen LogP contribution in [0.2, 0.25) is 0 Å². The monoisotopic (exact) mass is 222 g/mol. The van der Waals surface area contributed by atoms with Crippen LogP contribution in [0.15, 0.2) is 24.3 Å². The summed E-state index contributed by atoms with van der Waals surface area (Å²) in [6.07, 6.45) is 3.68. The molecule has 1 unspecified atom stereocenters. The third kappa shape index (κ3) is 2.60. The molecule has 0 amide bonds. The summed E-state index contributed by atoms with van der Waals surface area (Å²) < 4.78 is 0. The number of halogens is 1. The molecule has 0 aromatic heterocycles. The normalized spacial score (nSPS) is 21.7. The van der Waals surface area contributed by atoms with Gasteiger partial charge in [-0.3, -0.25) is 4.79 Å². The van der Waals surface area contributed by atoms with Gasteiger partial charge in [0.05, 0.1) is 0 Å². The van der Waals surface area contributed by atoms with Gasteiger partial charge >= 0.3 is 0 Å². The van der Waals surface area contributed by atoms with Gasteiger partial charge in [0.25, 0.3) is 0 Å². The third-order valence-electron chi connectivity index (χ3n) is 3.09. The molecule has 0 N–H and O–H groups in total. The topological polar surface area (TPSA) is 17.1 Å². The number of hydrogen-bond donors (Lipinski definition) is 0. The molecule has 15 heavy (non-hydrogen) atoms. The van der Waals surface area contributed by atoms with Crippen LogP contribution in [0.4, 0.5) is 0 Å². The lowest BCUT2D eigenvalue weighted by Gasteiger charge is -2.21. The fourth-order valence-corrected chi connectivity index (χ4v) is 2.37. The molecule has 0 spiro atoms. The lowest BCUT2D eigenvalue weighted by molar-refractivity contribution is -0.120. The van der Waals surface area contributed by atoms with Gasteiger partial charge in [-0.15, -0.1) is 11.6 Å². The number of hydrogen-bond acceptors (Lipinski definition) is 1. The fourth-order valence-electron chi connectivity index (χ4n) is 2.19. The van der Waals surface area contributed by atoms with Crippen molar-refractivity contribution in [3.05, 3.63) is 35.4 Å². The minimum atomic E-state index is 0.410. The van der Waals surface area contributed by atoms with Crippen molar-refractivity contribution in [1.29, 1.82) is 0 Å². The molecule has 1 aliphatic carbocycles. The van der Waals surface area contributed by atoms with E-state index in [0.717, 1.165) is 31.2 Å². The maximum Gasteiger partial charge on any atom is 0.133 e. The number of rotatable bonds is 2. The van der Waals surface area contributed by atoms with Crippen molar-refractivity contribution in [2.75, 3.05) is 0 Å². The minimum absolute atomic E-state index is 0.410. The second-order valence-corrected chi connectivity index (χ2v) is 4.47. The van der Waals surface area contributed by atoms with Crippen LogP contribution >= 0.6 is 11.6 Å². The van der Waals surface area contributed by atoms with Crippen LogP contribution in [0.3, 0.4) is 0 Å². The highest BCUT2D eigenvalue weighted by Gasteiger charge is 2.20. The van der Waals surface area contributed by atoms with E-state index in [9.17, 15) is 4.79 Å². The highest BCUT2D eigenvalue weighted by Crippen LogP contribution is 2.30. The Kier molecular flexibility index (Phi) is 3.42. The fraction of sp³-hybridized carbons (Fsp3) is 0.462. The summed E-state index contributed by atoms with van der Waals surface area (Å²) in [6, 6.07) is 8.34. The lowest BCUT2D eigenvalue weighted by Crippen LogP contribution is -2.13. The summed E-state index contributed by atoms with van der Waals surface area (Å²) in [7, 11) is 0. The Morgan fingerprint density at radius 3 is 2.60 bits per heavy atom. The van der Waals surface area contributed by atoms with Crippen LogP contribution in [0.5, 0.6) is 0 Å². The molecule has 80 valence electrons. The Morgan fingerprint density at radius 1 is 1.27 bits per heavy atom. The van der Waals surface area contributed by atoms with Gasteiger partial charge in [0.1, 0.15) is 5.78 Å². The Labute approximate surface area is 95.4 Å². The molecule has 0 bridgehead atoms. The van der Waals surface area contributed by atoms with Gasteiger partial charge in [-0.05, 0) is 29.9 Å². The van der Waals surface area contributed by atoms with Crippen LogP contribution < -0.4 is 0 Å². The summed E-state index contributed by atoms with van der Waals surface area (Å²) in [5.41, 5.74) is 2.43. The van der Waals surface area contributed by atoms with Crippen LogP contribution in [-0.4, -0.2) is 5.78 Å². The van der Waals surface area contributed by atoms with Crippen molar-refractivity contribution < 1.29 is 4.79 Å². The average molecular weight is 223 g/mol. The highest BCUT2D eigenvalue weighted by atomic mass is 35.5. The van der Waals surface area contributed by atoms with E-state index in [1.54, 1.807) is 0 Å². The van der Waals surface area contributed by atoms with E-state index in [0.29, 0.717) is 17.6 Å². The standard InChI is InChI=1S/C13H15ClO/c14-9-10-4-6-11(7-5-10)12-2-1-3-13(15)8-12/h4-7,12H,1-3,8-9H2. The summed E-state index contributed by atoms with van der Waals surface area (Å²) in [4.78, 5) is 11.3. The quantitative estimate of drug-likeness (QED) is 0.699. The molecule has 1 saturated carbocycles. The van der Waals surface area contributed by atoms with Crippen molar-refractivity contribution in [2.45, 2.75) is 37.5 Å². The van der Waals surface area contributed by atoms with Crippen molar-refractivity contribution in [3.63, 3.8) is 0 Å². The first-order chi connectivity index (χ1) is 7.29. The second-order valence-electron chi connectivity index (χ2n) is 4.21. The van der Waals surface area contributed by atoms with Crippen LogP contribution in [-0.2, 0) is 10.7 Å². The molecule has 1 nitrogen and oxygen atoms in total. The van der Waals surface area contributed by atoms with E-state index in [1.165, 1.54) is 5.56 Å². The Bertz CT molecular complexity index is 342. The number of benzene rings is 1. The first kappa shape index (κ1) is 10.7. The average Bonchev–Trinajstić information content (AvgIpc) is 2.29. The third-order valence-corrected chi connectivity index (χ3v) is 3.40. The second kappa shape index (κ2) is 4.80. The Hall–Kier alpha value is -0.820. The number of carbonyl (C=O) groups excluding carboxylic acids is 1. The van der Waals surface area contributed by atoms with Gasteiger partial charge in [0, 0.05) is 18.7 Å². The summed E-state index contributed by atoms with van der Waals surface area (Å²) in [5, 5.41) is 0. The van der Waals surface area contributed by atoms with Crippen LogP contribution in [0.1, 0.15) is 42.7 Å². The van der Waals surface area contributed by atoms with Crippen molar-refractivity contribution >= 4 is 17.4 Å². The van der Waals surface area contributed by atoms with E-state index in [-0.39, 0.29) is 0 Å². The molecule has 0 aliphatic heterocycles. The first-order valence-electron chi connectivity index (χ1n) is 5.46. The van der Waals surface area contributed by atoms with Crippen LogP contribution in [0, 0.1) is 0 Å². The molecule has 2 rings (SSSR count). The molecular formula is C13H15ClO. The smallest absolute Gasteiger partial charge is 0.133 e. The molecule has 1 aliphatic rings. The zero-order chi connectivity index (χ0) is 10.7. The van der Waals surface area contributed by atoms with E-state index in [2.05, 4.69) is 24.3 Å². The van der Waals surface area contributed by atoms with Gasteiger partial charge < -0.3 is 0 Å². The van der Waals surface area contributed by atoms with E-state index in [4.69, 9.17) is 11.6 Å². The number of alkyl halides is 1. The molecule has 1 aromatic rings. The zero-order valence-corrected chi connectivity index (χ0v) is 9.46. The Morgan fingerprint density at radius 2 is 2.00 bits per heavy atom. The molecule has 2 heteroatoms. The largest absolute Gasteiger partial charge is 0.300 e. The first-order valence-corrected chi connectivity index (χ1v) is 5.99. The minimum Gasteiger partial charge on any atom is -0.300 e. The van der Waals surface area contributed by atoms with E-state index >= 15 is 0 Å². The SMILES string of the molecule is O=C1CCCC(c2ccc(CCl)cc2)C1. The van der Waals surface area contributed by atoms with Crippen molar-refractivity contribution in [1.82, 2.24) is 0 Å². The molecule has 1 fully saturated rings. The lowest BCUT2D eigenvalue weighted by atomic mass is 9.83. The van der Waals surface area contributed by atoms with E-state index < -0.39 is 0 Å². The maximum atomic E-state index is 11.3. The van der Waals surface area contributed by atoms with Crippen molar-refractivity contribution in [2.24, 2.45) is 0 Å². The maximum absolute atomic E-state index is 11.3. The van der Waals surface area contributed by atoms with Gasteiger partial charge in [-0.25, -0.2) is 0 Å². The Balaban J connectivity index is 2.11. The highest BCUT2D eigenvalue weighted by molar-refractivity contribution is 6.17. The molecule has 1 aromatic carbocycles. The van der Waals surface area contributed by atoms with Crippen LogP contribution in [0.25, 0.3) is 0 Å². The summed E-state index contributed by atoms with van der Waals surface area (Å²) in [6.45, 7) is 0. The number of carbonyl (C=O) groups is 1. The molecule has 0 saturated heterocycles. The molecule has 1 atom stereocenters. The van der Waals surface area contributed by atoms with Gasteiger partial charge in [-0.1, -0.05) is 24.3 Å². The summed E-state index contributed by atoms with van der Waals surface area (Å²) >= 11 is 5.73. The number of ketones is 1.